The lowest BCUT2D eigenvalue weighted by Gasteiger charge is -1.82. The van der Waals surface area contributed by atoms with E-state index in [0.717, 1.165) is 13.2 Å². The average Bonchev–Trinajstić information content (AvgIpc) is 2.67. The molecule has 6 nitrogen and oxygen atoms in total. The van der Waals surface area contributed by atoms with E-state index in [-0.39, 0.29) is 6.61 Å². The molecule has 4 N–H and O–H groups in total. The van der Waals surface area contributed by atoms with Crippen LogP contribution in [0.4, 0.5) is 0 Å². The van der Waals surface area contributed by atoms with Crippen LogP contribution >= 0.6 is 7.82 Å². The third-order valence-corrected chi connectivity index (χ3v) is 0.333. The molecular weight excluding hydrogens is 187 g/mol. The smallest absolute Gasteiger partial charge is 0.392 e. The van der Waals surface area contributed by atoms with Gasteiger partial charge < -0.3 is 24.5 Å². The van der Waals surface area contributed by atoms with Crippen LogP contribution in [0.2, 0.25) is 0 Å². The van der Waals surface area contributed by atoms with Crippen LogP contribution in [-0.2, 0) is 9.30 Å². The molecule has 0 atom stereocenters. The van der Waals surface area contributed by atoms with Crippen molar-refractivity contribution in [3.63, 3.8) is 0 Å². The molecule has 0 saturated carbocycles. The maximum atomic E-state index is 8.88. The van der Waals surface area contributed by atoms with Gasteiger partial charge in [-0.05, 0) is 0 Å². The quantitative estimate of drug-likeness (QED) is 0.252. The molecule has 7 heteroatoms. The zero-order valence-electron chi connectivity index (χ0n) is 6.46. The summed E-state index contributed by atoms with van der Waals surface area (Å²) < 4.78 is 13.4. The van der Waals surface area contributed by atoms with Gasteiger partial charge in [0.25, 0.3) is 0 Å². The van der Waals surface area contributed by atoms with Crippen molar-refractivity contribution in [2.75, 3.05) is 19.8 Å². The summed E-state index contributed by atoms with van der Waals surface area (Å²) in [6, 6.07) is 0. The minimum absolute atomic E-state index is 0.0833. The lowest BCUT2D eigenvalue weighted by Crippen LogP contribution is -1.66. The fourth-order valence-electron chi connectivity index (χ4n) is 0. The molecule has 1 fully saturated rings. The molecule has 1 rings (SSSR count). The van der Waals surface area contributed by atoms with Crippen LogP contribution in [0.1, 0.15) is 0 Å². The van der Waals surface area contributed by atoms with E-state index in [2.05, 4.69) is 11.3 Å². The Kier molecular flexibility index (Phi) is 10.6. The molecule has 0 spiro atoms. The van der Waals surface area contributed by atoms with Crippen molar-refractivity contribution in [1.29, 1.82) is 0 Å². The molecule has 0 radical (unpaired) electrons. The lowest BCUT2D eigenvalue weighted by molar-refractivity contribution is 0.275. The molecule has 0 aromatic rings. The van der Waals surface area contributed by atoms with Crippen molar-refractivity contribution in [2.24, 2.45) is 0 Å². The van der Waals surface area contributed by atoms with Gasteiger partial charge in [-0.1, -0.05) is 6.08 Å². The first kappa shape index (κ1) is 14.3. The molecule has 0 unspecified atom stereocenters. The Morgan fingerprint density at radius 3 is 1.58 bits per heavy atom. The van der Waals surface area contributed by atoms with Crippen LogP contribution in [0.5, 0.6) is 0 Å². The van der Waals surface area contributed by atoms with Gasteiger partial charge in [0.1, 0.15) is 0 Å². The van der Waals surface area contributed by atoms with Crippen molar-refractivity contribution in [2.45, 2.75) is 0 Å². The molecule has 0 bridgehead atoms. The number of ether oxygens (including phenoxy) is 1. The Labute approximate surface area is 70.4 Å². The number of phosphoric acid groups is 1. The van der Waals surface area contributed by atoms with Gasteiger partial charge in [0.15, 0.2) is 0 Å². The molecule has 0 amide bonds. The number of aliphatic hydroxyl groups excluding tert-OH is 1. The number of aliphatic hydroxyl groups is 1. The van der Waals surface area contributed by atoms with Gasteiger partial charge in [-0.25, -0.2) is 4.57 Å². The second kappa shape index (κ2) is 8.86. The second-order valence-electron chi connectivity index (χ2n) is 1.60. The van der Waals surface area contributed by atoms with Crippen LogP contribution in [0.15, 0.2) is 12.7 Å². The van der Waals surface area contributed by atoms with Gasteiger partial charge in [-0.3, -0.25) is 0 Å². The van der Waals surface area contributed by atoms with Gasteiger partial charge in [0.05, 0.1) is 19.8 Å². The van der Waals surface area contributed by atoms with Crippen LogP contribution in [0.3, 0.4) is 0 Å². The first-order valence-electron chi connectivity index (χ1n) is 2.99. The SMILES string of the molecule is C1CO1.C=CCO.O=P(O)(O)O. The summed E-state index contributed by atoms with van der Waals surface area (Å²) in [5.41, 5.74) is 0. The summed E-state index contributed by atoms with van der Waals surface area (Å²) in [7, 11) is -4.64. The van der Waals surface area contributed by atoms with Gasteiger partial charge in [0, 0.05) is 0 Å². The highest BCUT2D eigenvalue weighted by Gasteiger charge is 2.00. The third kappa shape index (κ3) is 240. The normalized spacial score (nSPS) is 13.0. The highest BCUT2D eigenvalue weighted by molar-refractivity contribution is 7.45. The van der Waals surface area contributed by atoms with E-state index >= 15 is 0 Å². The Morgan fingerprint density at radius 2 is 1.58 bits per heavy atom. The zero-order valence-corrected chi connectivity index (χ0v) is 7.35. The first-order valence-corrected chi connectivity index (χ1v) is 4.56. The third-order valence-electron chi connectivity index (χ3n) is 0.333. The van der Waals surface area contributed by atoms with E-state index in [0.29, 0.717) is 0 Å². The Hall–Kier alpha value is -0.230. The maximum absolute atomic E-state index is 8.88. The fraction of sp³-hybridized carbons (Fsp3) is 0.600. The highest BCUT2D eigenvalue weighted by atomic mass is 31.2. The molecule has 0 aliphatic carbocycles. The number of hydrogen-bond acceptors (Lipinski definition) is 3. The topological polar surface area (TPSA) is 111 Å². The number of hydrogen-bond donors (Lipinski definition) is 4. The minimum Gasteiger partial charge on any atom is -0.392 e. The molecule has 1 saturated heterocycles. The summed E-state index contributed by atoms with van der Waals surface area (Å²) in [5.74, 6) is 0. The van der Waals surface area contributed by atoms with Crippen LogP contribution < -0.4 is 0 Å². The van der Waals surface area contributed by atoms with E-state index in [1.54, 1.807) is 0 Å². The Balaban J connectivity index is 0. The number of epoxide rings is 1. The first-order chi connectivity index (χ1) is 5.41. The Bertz CT molecular complexity index is 128. The summed E-state index contributed by atoms with van der Waals surface area (Å²) in [6.45, 7) is 5.31. The van der Waals surface area contributed by atoms with Gasteiger partial charge in [-0.2, -0.15) is 0 Å². The molecule has 0 aromatic carbocycles. The summed E-state index contributed by atoms with van der Waals surface area (Å²) >= 11 is 0. The van der Waals surface area contributed by atoms with Gasteiger partial charge in [0.2, 0.25) is 0 Å². The molecule has 0 aromatic heterocycles. The van der Waals surface area contributed by atoms with E-state index in [4.69, 9.17) is 24.4 Å². The minimum atomic E-state index is -4.64. The highest BCUT2D eigenvalue weighted by Crippen LogP contribution is 2.25. The molecule has 12 heavy (non-hydrogen) atoms. The summed E-state index contributed by atoms with van der Waals surface area (Å²) in [5, 5.41) is 7.76. The molecule has 1 heterocycles. The maximum Gasteiger partial charge on any atom is 0.466 e. The van der Waals surface area contributed by atoms with E-state index in [9.17, 15) is 0 Å². The van der Waals surface area contributed by atoms with Crippen LogP contribution in [0, 0.1) is 0 Å². The van der Waals surface area contributed by atoms with Crippen molar-refractivity contribution >= 4 is 7.82 Å². The van der Waals surface area contributed by atoms with Crippen molar-refractivity contribution in [3.05, 3.63) is 12.7 Å². The average molecular weight is 200 g/mol. The van der Waals surface area contributed by atoms with Crippen molar-refractivity contribution in [1.82, 2.24) is 0 Å². The van der Waals surface area contributed by atoms with Crippen LogP contribution in [-0.4, -0.2) is 39.6 Å². The van der Waals surface area contributed by atoms with Crippen molar-refractivity contribution in [3.8, 4) is 0 Å². The van der Waals surface area contributed by atoms with Crippen LogP contribution in [0.25, 0.3) is 0 Å². The van der Waals surface area contributed by atoms with E-state index in [1.807, 2.05) is 0 Å². The monoisotopic (exact) mass is 200 g/mol. The predicted molar refractivity (Wildman–Crippen MR) is 42.4 cm³/mol. The number of rotatable bonds is 1. The van der Waals surface area contributed by atoms with E-state index in [1.165, 1.54) is 6.08 Å². The molecule has 1 aliphatic heterocycles. The van der Waals surface area contributed by atoms with E-state index < -0.39 is 7.82 Å². The summed E-state index contributed by atoms with van der Waals surface area (Å²) in [4.78, 5) is 21.6. The molecule has 1 aliphatic rings. The molecular formula is C5H13O6P. The lowest BCUT2D eigenvalue weighted by atomic mass is 10.7. The van der Waals surface area contributed by atoms with Gasteiger partial charge >= 0.3 is 7.82 Å². The largest absolute Gasteiger partial charge is 0.466 e. The van der Waals surface area contributed by atoms with Crippen molar-refractivity contribution < 1.29 is 29.1 Å². The Morgan fingerprint density at radius 1 is 1.42 bits per heavy atom. The predicted octanol–water partition coefficient (Wildman–Crippen LogP) is -0.747. The fourth-order valence-corrected chi connectivity index (χ4v) is 0. The standard InChI is InChI=1S/C3H6O.C2H4O.H3O4P/c1-2-3-4;1-2-3-1;1-5(2,3)4/h2,4H,1,3H2;1-2H2;(H3,1,2,3,4). The van der Waals surface area contributed by atoms with Gasteiger partial charge in [-0.15, -0.1) is 6.58 Å². The second-order valence-corrected chi connectivity index (χ2v) is 2.62. The summed E-state index contributed by atoms with van der Waals surface area (Å²) in [6.07, 6.45) is 1.43. The zero-order chi connectivity index (χ0) is 10.0. The molecule has 74 valence electrons.